The molecule has 5 rings (SSSR count). The fourth-order valence-corrected chi connectivity index (χ4v) is 5.73. The fourth-order valence-electron chi connectivity index (χ4n) is 5.73. The third kappa shape index (κ3) is 4.70. The second kappa shape index (κ2) is 10.4. The normalized spacial score (nSPS) is 18.2. The molecule has 38 heavy (non-hydrogen) atoms. The van der Waals surface area contributed by atoms with Crippen LogP contribution in [0.2, 0.25) is 0 Å². The number of hydrogen-bond acceptors (Lipinski definition) is 5. The van der Waals surface area contributed by atoms with Crippen LogP contribution in [0.15, 0.2) is 71.5 Å². The lowest BCUT2D eigenvalue weighted by molar-refractivity contribution is 0.124. The fraction of sp³-hybridized carbons (Fsp3) is 0.344. The van der Waals surface area contributed by atoms with E-state index in [1.54, 1.807) is 23.7 Å². The van der Waals surface area contributed by atoms with Crippen molar-refractivity contribution in [3.8, 4) is 6.07 Å². The summed E-state index contributed by atoms with van der Waals surface area (Å²) in [6, 6.07) is 25.7. The number of nitriles is 1. The molecule has 6 nitrogen and oxygen atoms in total. The van der Waals surface area contributed by atoms with E-state index in [9.17, 15) is 10.1 Å². The smallest absolute Gasteiger partial charge is 0.252 e. The van der Waals surface area contributed by atoms with Crippen molar-refractivity contribution in [3.63, 3.8) is 0 Å². The molecule has 0 aliphatic carbocycles. The summed E-state index contributed by atoms with van der Waals surface area (Å²) in [5.41, 5.74) is 7.64. The molecule has 2 aromatic heterocycles. The largest absolute Gasteiger partial charge is 0.364 e. The van der Waals surface area contributed by atoms with Gasteiger partial charge in [-0.05, 0) is 50.5 Å². The first-order valence-corrected chi connectivity index (χ1v) is 13.4. The minimum atomic E-state index is -0.0684. The molecule has 0 amide bonds. The summed E-state index contributed by atoms with van der Waals surface area (Å²) in [5.74, 6) is 0. The lowest BCUT2D eigenvalue weighted by Gasteiger charge is -2.49. The molecule has 0 saturated carbocycles. The molecule has 1 aliphatic rings. The van der Waals surface area contributed by atoms with Crippen LogP contribution >= 0.6 is 0 Å². The van der Waals surface area contributed by atoms with E-state index in [0.29, 0.717) is 11.2 Å². The highest BCUT2D eigenvalue weighted by Crippen LogP contribution is 2.36. The number of rotatable bonds is 5. The van der Waals surface area contributed by atoms with E-state index in [1.165, 1.54) is 22.3 Å². The van der Waals surface area contributed by atoms with Crippen molar-refractivity contribution in [2.24, 2.45) is 7.05 Å². The molecule has 1 fully saturated rings. The minimum Gasteiger partial charge on any atom is -0.364 e. The van der Waals surface area contributed by atoms with E-state index in [0.717, 1.165) is 30.7 Å². The lowest BCUT2D eigenvalue weighted by atomic mass is 9.92. The van der Waals surface area contributed by atoms with Crippen LogP contribution in [0.4, 0.5) is 5.69 Å². The number of pyridine rings is 2. The van der Waals surface area contributed by atoms with Crippen LogP contribution in [0.25, 0.3) is 11.0 Å². The van der Waals surface area contributed by atoms with E-state index in [-0.39, 0.29) is 23.7 Å². The van der Waals surface area contributed by atoms with Gasteiger partial charge in [-0.15, -0.1) is 0 Å². The monoisotopic (exact) mass is 505 g/mol. The topological polar surface area (TPSA) is 65.2 Å². The number of aryl methyl sites for hydroxylation is 3. The zero-order valence-corrected chi connectivity index (χ0v) is 22.8. The predicted octanol–water partition coefficient (Wildman–Crippen LogP) is 5.50. The van der Waals surface area contributed by atoms with E-state index >= 15 is 0 Å². The number of benzene rings is 2. The number of anilines is 1. The Morgan fingerprint density at radius 3 is 2.13 bits per heavy atom. The molecule has 0 spiro atoms. The van der Waals surface area contributed by atoms with Gasteiger partial charge in [0.2, 0.25) is 0 Å². The van der Waals surface area contributed by atoms with Gasteiger partial charge in [-0.2, -0.15) is 5.26 Å². The summed E-state index contributed by atoms with van der Waals surface area (Å²) in [6.45, 7) is 10.3. The number of hydrogen-bond donors (Lipinski definition) is 0. The van der Waals surface area contributed by atoms with Crippen molar-refractivity contribution >= 4 is 16.7 Å². The molecule has 1 saturated heterocycles. The quantitative estimate of drug-likeness (QED) is 0.358. The van der Waals surface area contributed by atoms with Crippen LogP contribution < -0.4 is 10.5 Å². The summed E-state index contributed by atoms with van der Waals surface area (Å²) in [4.78, 5) is 22.6. The Hall–Kier alpha value is -3.95. The summed E-state index contributed by atoms with van der Waals surface area (Å²) in [6.07, 6.45) is 0.923. The van der Waals surface area contributed by atoms with Gasteiger partial charge < -0.3 is 9.47 Å². The highest BCUT2D eigenvalue weighted by molar-refractivity contribution is 5.89. The third-order valence-corrected chi connectivity index (χ3v) is 7.97. The molecule has 0 N–H and O–H groups in total. The first kappa shape index (κ1) is 25.7. The summed E-state index contributed by atoms with van der Waals surface area (Å²) >= 11 is 0. The maximum Gasteiger partial charge on any atom is 0.252 e. The molecule has 3 heterocycles. The van der Waals surface area contributed by atoms with Crippen LogP contribution in [0.3, 0.4) is 0 Å². The molecule has 4 aromatic rings. The highest BCUT2D eigenvalue weighted by atomic mass is 16.1. The van der Waals surface area contributed by atoms with Gasteiger partial charge in [-0.25, -0.2) is 4.98 Å². The van der Waals surface area contributed by atoms with E-state index < -0.39 is 0 Å². The molecular formula is C32H35N5O. The maximum absolute atomic E-state index is 13.0. The van der Waals surface area contributed by atoms with Crippen LogP contribution in [-0.2, 0) is 7.05 Å². The molecule has 2 atom stereocenters. The van der Waals surface area contributed by atoms with Gasteiger partial charge in [0, 0.05) is 38.3 Å². The van der Waals surface area contributed by atoms with Crippen molar-refractivity contribution in [1.29, 1.82) is 5.26 Å². The highest BCUT2D eigenvalue weighted by Gasteiger charge is 2.37. The van der Waals surface area contributed by atoms with E-state index in [4.69, 9.17) is 0 Å². The molecule has 6 heteroatoms. The van der Waals surface area contributed by atoms with E-state index in [1.807, 2.05) is 6.07 Å². The van der Waals surface area contributed by atoms with Crippen molar-refractivity contribution in [2.75, 3.05) is 18.0 Å². The Bertz CT molecular complexity index is 1500. The van der Waals surface area contributed by atoms with Crippen molar-refractivity contribution in [1.82, 2.24) is 14.5 Å². The summed E-state index contributed by atoms with van der Waals surface area (Å²) in [7, 11) is 1.76. The maximum atomic E-state index is 13.0. The second-order valence-electron chi connectivity index (χ2n) is 10.6. The van der Waals surface area contributed by atoms with Gasteiger partial charge in [0.1, 0.15) is 17.3 Å². The minimum absolute atomic E-state index is 0.0684. The van der Waals surface area contributed by atoms with Gasteiger partial charge in [0.25, 0.3) is 5.56 Å². The Balaban J connectivity index is 1.58. The number of nitrogens with zero attached hydrogens (tertiary/aromatic N) is 5. The third-order valence-electron chi connectivity index (χ3n) is 7.97. The molecule has 194 valence electrons. The van der Waals surface area contributed by atoms with Gasteiger partial charge in [0.15, 0.2) is 0 Å². The number of aromatic nitrogens is 2. The van der Waals surface area contributed by atoms with Crippen molar-refractivity contribution in [3.05, 3.63) is 105 Å². The van der Waals surface area contributed by atoms with Crippen LogP contribution in [-0.4, -0.2) is 39.6 Å². The molecular weight excluding hydrogens is 470 g/mol. The first-order valence-electron chi connectivity index (χ1n) is 13.4. The Morgan fingerprint density at radius 2 is 1.58 bits per heavy atom. The summed E-state index contributed by atoms with van der Waals surface area (Å²) < 4.78 is 1.61. The zero-order chi connectivity index (χ0) is 27.0. The Labute approximate surface area is 224 Å². The number of fused-ring (bicyclic) bond motifs is 1. The lowest BCUT2D eigenvalue weighted by Crippen LogP contribution is -2.58. The standard InChI is InChI=1S/C32H35N5O/c1-6-27-20-36(32(24-11-7-21(2)8-12-24)25-13-9-22(3)10-14-25)23(4)19-37(27)29-17-30(38)35(5)28-16-15-26(18-33)34-31(28)29/h7-17,23,27,32H,6,19-20H2,1-5H3/t23?,27-/m0/s1. The molecule has 2 aromatic carbocycles. The molecule has 0 bridgehead atoms. The Kier molecular flexibility index (Phi) is 7.05. The SMILES string of the molecule is CC[C@H]1CN(C(c2ccc(C)cc2)c2ccc(C)cc2)C(C)CN1c1cc(=O)n(C)c2ccc(C#N)nc12. The van der Waals surface area contributed by atoms with Crippen LogP contribution in [0, 0.1) is 25.2 Å². The van der Waals surface area contributed by atoms with Crippen LogP contribution in [0.1, 0.15) is 54.3 Å². The molecule has 0 radical (unpaired) electrons. The number of piperazine rings is 1. The van der Waals surface area contributed by atoms with Gasteiger partial charge >= 0.3 is 0 Å². The van der Waals surface area contributed by atoms with Gasteiger partial charge in [-0.3, -0.25) is 9.69 Å². The van der Waals surface area contributed by atoms with Crippen molar-refractivity contribution in [2.45, 2.75) is 52.2 Å². The molecule has 1 unspecified atom stereocenters. The van der Waals surface area contributed by atoms with E-state index in [2.05, 4.69) is 97.1 Å². The average molecular weight is 506 g/mol. The first-order chi connectivity index (χ1) is 18.3. The Morgan fingerprint density at radius 1 is 0.974 bits per heavy atom. The predicted molar refractivity (Wildman–Crippen MR) is 153 cm³/mol. The van der Waals surface area contributed by atoms with Crippen LogP contribution in [0.5, 0.6) is 0 Å². The second-order valence-corrected chi connectivity index (χ2v) is 10.6. The van der Waals surface area contributed by atoms with Crippen molar-refractivity contribution < 1.29 is 0 Å². The van der Waals surface area contributed by atoms with Gasteiger partial charge in [0.05, 0.1) is 17.2 Å². The average Bonchev–Trinajstić information content (AvgIpc) is 2.93. The zero-order valence-electron chi connectivity index (χ0n) is 22.8. The summed E-state index contributed by atoms with van der Waals surface area (Å²) in [5, 5.41) is 9.51. The van der Waals surface area contributed by atoms with Gasteiger partial charge in [-0.1, -0.05) is 66.6 Å². The molecule has 1 aliphatic heterocycles.